The van der Waals surface area contributed by atoms with E-state index in [4.69, 9.17) is 0 Å². The third-order valence-electron chi connectivity index (χ3n) is 2.98. The van der Waals surface area contributed by atoms with Gasteiger partial charge < -0.3 is 5.32 Å². The van der Waals surface area contributed by atoms with Crippen molar-refractivity contribution in [3.05, 3.63) is 30.0 Å². The van der Waals surface area contributed by atoms with Gasteiger partial charge in [-0.2, -0.15) is 5.10 Å². The van der Waals surface area contributed by atoms with Crippen molar-refractivity contribution in [2.75, 3.05) is 0 Å². The lowest BCUT2D eigenvalue weighted by Gasteiger charge is -2.09. The summed E-state index contributed by atoms with van der Waals surface area (Å²) in [6.07, 6.45) is 1.64. The number of H-pyrrole nitrogens is 1. The molecule has 1 aliphatic rings. The molecule has 3 N–H and O–H groups in total. The Labute approximate surface area is 107 Å². The topological polar surface area (TPSA) is 104 Å². The molecule has 3 rings (SSSR count). The number of benzene rings is 1. The van der Waals surface area contributed by atoms with Crippen LogP contribution in [0.4, 0.5) is 0 Å². The molecule has 1 unspecified atom stereocenters. The van der Waals surface area contributed by atoms with Gasteiger partial charge in [0, 0.05) is 10.9 Å². The molecule has 1 aromatic carbocycles. The Kier molecular flexibility index (Phi) is 2.52. The minimum Gasteiger partial charge on any atom is -0.340 e. The van der Waals surface area contributed by atoms with Crippen molar-refractivity contribution < 1.29 is 14.4 Å². The average Bonchev–Trinajstić information content (AvgIpc) is 2.95. The molecule has 7 nitrogen and oxygen atoms in total. The van der Waals surface area contributed by atoms with Crippen molar-refractivity contribution in [3.8, 4) is 0 Å². The highest BCUT2D eigenvalue weighted by Crippen LogP contribution is 2.13. The summed E-state index contributed by atoms with van der Waals surface area (Å²) in [5.74, 6) is -1.24. The first-order chi connectivity index (χ1) is 9.13. The Morgan fingerprint density at radius 3 is 2.95 bits per heavy atom. The van der Waals surface area contributed by atoms with E-state index in [0.717, 1.165) is 10.9 Å². The van der Waals surface area contributed by atoms with Gasteiger partial charge in [-0.3, -0.25) is 24.8 Å². The predicted molar refractivity (Wildman–Crippen MR) is 65.1 cm³/mol. The summed E-state index contributed by atoms with van der Waals surface area (Å²) < 4.78 is 0. The highest BCUT2D eigenvalue weighted by atomic mass is 16.2. The number of amides is 3. The van der Waals surface area contributed by atoms with Gasteiger partial charge in [-0.15, -0.1) is 0 Å². The molecule has 2 heterocycles. The quantitative estimate of drug-likeness (QED) is 0.644. The first kappa shape index (κ1) is 11.4. The van der Waals surface area contributed by atoms with Gasteiger partial charge in [-0.1, -0.05) is 6.07 Å². The first-order valence-electron chi connectivity index (χ1n) is 5.71. The molecule has 0 spiro atoms. The van der Waals surface area contributed by atoms with Crippen LogP contribution in [0.3, 0.4) is 0 Å². The first-order valence-corrected chi connectivity index (χ1v) is 5.71. The van der Waals surface area contributed by atoms with Crippen LogP contribution in [0.15, 0.2) is 24.4 Å². The molecule has 19 heavy (non-hydrogen) atoms. The Bertz CT molecular complexity index is 691. The normalized spacial score (nSPS) is 18.6. The number of aromatic amines is 1. The van der Waals surface area contributed by atoms with E-state index >= 15 is 0 Å². The smallest absolute Gasteiger partial charge is 0.252 e. The number of nitrogens with one attached hydrogen (secondary N) is 3. The number of carbonyl (C=O) groups excluding carboxylic acids is 3. The van der Waals surface area contributed by atoms with Gasteiger partial charge in [0.1, 0.15) is 6.04 Å². The second-order valence-corrected chi connectivity index (χ2v) is 4.31. The van der Waals surface area contributed by atoms with Crippen LogP contribution < -0.4 is 10.6 Å². The van der Waals surface area contributed by atoms with Crippen LogP contribution >= 0.6 is 0 Å². The van der Waals surface area contributed by atoms with Gasteiger partial charge in [0.05, 0.1) is 18.1 Å². The zero-order chi connectivity index (χ0) is 13.4. The van der Waals surface area contributed by atoms with Crippen molar-refractivity contribution >= 4 is 28.6 Å². The molecule has 7 heteroatoms. The lowest BCUT2D eigenvalue weighted by atomic mass is 10.1. The minimum atomic E-state index is -0.794. The number of imide groups is 1. The number of hydrogen-bond donors (Lipinski definition) is 3. The highest BCUT2D eigenvalue weighted by molar-refractivity contribution is 6.08. The van der Waals surface area contributed by atoms with Crippen molar-refractivity contribution in [1.29, 1.82) is 0 Å². The lowest BCUT2D eigenvalue weighted by molar-refractivity contribution is -0.125. The molecule has 0 bridgehead atoms. The van der Waals surface area contributed by atoms with Gasteiger partial charge in [-0.05, 0) is 12.1 Å². The number of aromatic nitrogens is 2. The van der Waals surface area contributed by atoms with Crippen molar-refractivity contribution in [2.24, 2.45) is 0 Å². The van der Waals surface area contributed by atoms with E-state index in [2.05, 4.69) is 20.8 Å². The predicted octanol–water partition coefficient (Wildman–Crippen LogP) is -0.292. The van der Waals surface area contributed by atoms with E-state index < -0.39 is 17.9 Å². The maximum atomic E-state index is 12.0. The number of nitrogens with zero attached hydrogens (tertiary/aromatic N) is 1. The van der Waals surface area contributed by atoms with E-state index in [1.165, 1.54) is 0 Å². The van der Waals surface area contributed by atoms with Crippen LogP contribution in [0.2, 0.25) is 0 Å². The monoisotopic (exact) mass is 258 g/mol. The van der Waals surface area contributed by atoms with Crippen molar-refractivity contribution in [3.63, 3.8) is 0 Å². The molecule has 2 aromatic rings. The van der Waals surface area contributed by atoms with Crippen molar-refractivity contribution in [2.45, 2.75) is 12.5 Å². The summed E-state index contributed by atoms with van der Waals surface area (Å²) >= 11 is 0. The Hall–Kier alpha value is -2.70. The fourth-order valence-corrected chi connectivity index (χ4v) is 1.99. The van der Waals surface area contributed by atoms with Gasteiger partial charge in [0.25, 0.3) is 5.91 Å². The lowest BCUT2D eigenvalue weighted by Crippen LogP contribution is -2.40. The van der Waals surface area contributed by atoms with Crippen LogP contribution in [0, 0.1) is 0 Å². The Morgan fingerprint density at radius 1 is 1.37 bits per heavy atom. The number of rotatable bonds is 2. The highest BCUT2D eigenvalue weighted by Gasteiger charge is 2.31. The largest absolute Gasteiger partial charge is 0.340 e. The van der Waals surface area contributed by atoms with Gasteiger partial charge in [-0.25, -0.2) is 0 Å². The van der Waals surface area contributed by atoms with E-state index in [-0.39, 0.29) is 12.3 Å². The third kappa shape index (κ3) is 2.05. The Morgan fingerprint density at radius 2 is 2.21 bits per heavy atom. The van der Waals surface area contributed by atoms with Crippen LogP contribution in [0.25, 0.3) is 10.9 Å². The molecule has 1 aliphatic heterocycles. The summed E-state index contributed by atoms with van der Waals surface area (Å²) in [4.78, 5) is 34.4. The second-order valence-electron chi connectivity index (χ2n) is 4.31. The van der Waals surface area contributed by atoms with E-state index in [9.17, 15) is 14.4 Å². The minimum absolute atomic E-state index is 0.0170. The molecule has 0 radical (unpaired) electrons. The summed E-state index contributed by atoms with van der Waals surface area (Å²) in [5.41, 5.74) is 1.14. The van der Waals surface area contributed by atoms with Crippen LogP contribution in [-0.2, 0) is 9.59 Å². The van der Waals surface area contributed by atoms with Crippen LogP contribution in [0.1, 0.15) is 16.8 Å². The Balaban J connectivity index is 1.80. The van der Waals surface area contributed by atoms with E-state index in [1.807, 2.05) is 0 Å². The number of hydrogen-bond acceptors (Lipinski definition) is 4. The second kappa shape index (κ2) is 4.20. The number of fused-ring (bicyclic) bond motifs is 1. The standard InChI is InChI=1S/C12H10N4O3/c17-10-4-9(12(19)15-10)14-11(18)6-1-2-7-5-13-16-8(7)3-6/h1-3,5,9H,4H2,(H,13,16)(H,14,18)(H,15,17,19). The fraction of sp³-hybridized carbons (Fsp3) is 0.167. The zero-order valence-corrected chi connectivity index (χ0v) is 9.77. The van der Waals surface area contributed by atoms with E-state index in [1.54, 1.807) is 24.4 Å². The number of carbonyl (C=O) groups is 3. The molecule has 0 aliphatic carbocycles. The fourth-order valence-electron chi connectivity index (χ4n) is 1.99. The molecule has 1 aromatic heterocycles. The summed E-state index contributed by atoms with van der Waals surface area (Å²) in [7, 11) is 0. The van der Waals surface area contributed by atoms with Gasteiger partial charge in [0.2, 0.25) is 11.8 Å². The molecule has 0 saturated carbocycles. The summed E-state index contributed by atoms with van der Waals surface area (Å²) in [6, 6.07) is 4.25. The molecular weight excluding hydrogens is 248 g/mol. The molecule has 3 amide bonds. The SMILES string of the molecule is O=C1CC(NC(=O)c2ccc3cn[nH]c3c2)C(=O)N1. The van der Waals surface area contributed by atoms with Crippen molar-refractivity contribution in [1.82, 2.24) is 20.8 Å². The maximum Gasteiger partial charge on any atom is 0.252 e. The van der Waals surface area contributed by atoms with Gasteiger partial charge in [0.15, 0.2) is 0 Å². The maximum absolute atomic E-state index is 12.0. The van der Waals surface area contributed by atoms with Gasteiger partial charge >= 0.3 is 0 Å². The molecular formula is C12H10N4O3. The summed E-state index contributed by atoms with van der Waals surface area (Å²) in [6.45, 7) is 0. The molecule has 1 saturated heterocycles. The van der Waals surface area contributed by atoms with E-state index in [0.29, 0.717) is 5.56 Å². The zero-order valence-electron chi connectivity index (χ0n) is 9.77. The molecule has 96 valence electrons. The average molecular weight is 258 g/mol. The molecule has 1 atom stereocenters. The van der Waals surface area contributed by atoms with Crippen LogP contribution in [-0.4, -0.2) is 34.0 Å². The third-order valence-corrected chi connectivity index (χ3v) is 2.98. The molecule has 1 fully saturated rings. The van der Waals surface area contributed by atoms with Crippen LogP contribution in [0.5, 0.6) is 0 Å². The summed E-state index contributed by atoms with van der Waals surface area (Å²) in [5, 5.41) is 12.2.